The number of carboxylic acids is 1. The van der Waals surface area contributed by atoms with Gasteiger partial charge in [-0.3, -0.25) is 19.2 Å². The summed E-state index contributed by atoms with van der Waals surface area (Å²) in [6.07, 6.45) is 10.1. The fourth-order valence-corrected chi connectivity index (χ4v) is 5.45. The molecular weight excluding hydrogens is 686 g/mol. The maximum absolute atomic E-state index is 13.8. The Kier molecular flexibility index (Phi) is 22.8. The van der Waals surface area contributed by atoms with E-state index in [9.17, 15) is 39.0 Å². The molecule has 0 aliphatic rings. The van der Waals surface area contributed by atoms with Gasteiger partial charge in [-0.15, -0.1) is 5.92 Å². The first-order chi connectivity index (χ1) is 25.3. The fraction of sp³-hybridized carbons (Fsp3) is 0.600. The van der Waals surface area contributed by atoms with Gasteiger partial charge in [-0.25, -0.2) is 9.59 Å². The summed E-state index contributed by atoms with van der Waals surface area (Å²) in [5, 5.41) is 24.1. The van der Waals surface area contributed by atoms with Gasteiger partial charge in [0.05, 0.1) is 19.4 Å². The van der Waals surface area contributed by atoms with E-state index in [1.165, 1.54) is 25.5 Å². The number of aliphatic hydroxyl groups is 1. The average molecular weight is 744 g/mol. The monoisotopic (exact) mass is 743 g/mol. The minimum Gasteiger partial charge on any atom is -0.481 e. The highest BCUT2D eigenvalue weighted by Gasteiger charge is 2.49. The van der Waals surface area contributed by atoms with Crippen LogP contribution >= 0.6 is 0 Å². The summed E-state index contributed by atoms with van der Waals surface area (Å²) >= 11 is 0. The van der Waals surface area contributed by atoms with Gasteiger partial charge in [-0.05, 0) is 50.3 Å². The quantitative estimate of drug-likeness (QED) is 0.0343. The van der Waals surface area contributed by atoms with Crippen LogP contribution in [0.25, 0.3) is 0 Å². The first-order valence-corrected chi connectivity index (χ1v) is 18.3. The number of amides is 1. The van der Waals surface area contributed by atoms with Crippen molar-refractivity contribution >= 4 is 35.6 Å². The summed E-state index contributed by atoms with van der Waals surface area (Å²) in [5.41, 5.74) is -2.42. The molecule has 0 aliphatic carbocycles. The number of ketones is 1. The van der Waals surface area contributed by atoms with E-state index < -0.39 is 60.1 Å². The minimum atomic E-state index is -3.02. The van der Waals surface area contributed by atoms with Gasteiger partial charge in [0.1, 0.15) is 24.2 Å². The second kappa shape index (κ2) is 26.1. The number of carboxylic acid groups (broad SMARTS) is 1. The molecule has 3 N–H and O–H groups in total. The largest absolute Gasteiger partial charge is 0.481 e. The normalized spacial score (nSPS) is 13.7. The highest BCUT2D eigenvalue weighted by molar-refractivity contribution is 5.95. The molecule has 1 aromatic rings. The molecular formula is C40H57NO12. The lowest BCUT2D eigenvalue weighted by atomic mass is 9.82. The number of benzene rings is 1. The number of methoxy groups -OCH3 is 1. The number of allylic oxidation sites excluding steroid dienone is 1. The van der Waals surface area contributed by atoms with Crippen molar-refractivity contribution in [1.82, 2.24) is 5.32 Å². The van der Waals surface area contributed by atoms with Gasteiger partial charge in [0.15, 0.2) is 5.60 Å². The first-order valence-electron chi connectivity index (χ1n) is 18.3. The second-order valence-electron chi connectivity index (χ2n) is 12.8. The van der Waals surface area contributed by atoms with Crippen LogP contribution in [-0.4, -0.2) is 77.4 Å². The summed E-state index contributed by atoms with van der Waals surface area (Å²) in [7, 11) is 1.13. The third-order valence-corrected chi connectivity index (χ3v) is 8.33. The Morgan fingerprint density at radius 1 is 0.925 bits per heavy atom. The summed E-state index contributed by atoms with van der Waals surface area (Å²) in [6.45, 7) is 6.34. The Morgan fingerprint density at radius 3 is 2.11 bits per heavy atom. The number of nitrogens with one attached hydrogen (secondary N) is 1. The van der Waals surface area contributed by atoms with E-state index >= 15 is 0 Å². The second-order valence-corrected chi connectivity index (χ2v) is 12.8. The molecule has 13 heteroatoms. The SMILES string of the molecule is CC#CCOc1ccc(C[C@H](NC(=O)[C@@H](C=CCCCCCCC(=O)CCCCCCC)[C@@](O)(CC(=O)OC(C)OC(C)=O)C(=O)O)C(=O)OC)cc1. The van der Waals surface area contributed by atoms with Crippen LogP contribution < -0.4 is 10.1 Å². The van der Waals surface area contributed by atoms with Gasteiger partial charge in [-0.1, -0.05) is 75.7 Å². The number of carbonyl (C=O) groups excluding carboxylic acids is 5. The van der Waals surface area contributed by atoms with Crippen LogP contribution in [0.5, 0.6) is 5.75 Å². The third-order valence-electron chi connectivity index (χ3n) is 8.33. The number of carbonyl (C=O) groups is 6. The molecule has 0 heterocycles. The lowest BCUT2D eigenvalue weighted by Gasteiger charge is -2.30. The van der Waals surface area contributed by atoms with E-state index in [0.717, 1.165) is 59.0 Å². The Labute approximate surface area is 313 Å². The Morgan fingerprint density at radius 2 is 1.55 bits per heavy atom. The zero-order valence-corrected chi connectivity index (χ0v) is 31.8. The van der Waals surface area contributed by atoms with Gasteiger partial charge in [0.2, 0.25) is 12.2 Å². The zero-order chi connectivity index (χ0) is 39.6. The molecule has 53 heavy (non-hydrogen) atoms. The molecule has 0 saturated carbocycles. The van der Waals surface area contributed by atoms with Crippen molar-refractivity contribution in [1.29, 1.82) is 0 Å². The van der Waals surface area contributed by atoms with Crippen molar-refractivity contribution in [3.05, 3.63) is 42.0 Å². The standard InChI is InChI=1S/C40H57NO12/c1-6-8-10-13-16-19-32(43)20-17-14-11-12-15-18-21-34(40(49,39(47)48)28-36(44)53-30(4)52-29(3)42)37(45)41-35(38(46)50-5)27-31-22-24-33(25-23-31)51-26-9-7-2/h18,21-25,30,34-35,49H,6,8,10-17,19-20,26-28H2,1-5H3,(H,41,45)(H,47,48)/t30?,34-,35+,40+/m1/s1. The smallest absolute Gasteiger partial charge is 0.337 e. The molecule has 0 aromatic heterocycles. The van der Waals surface area contributed by atoms with Crippen molar-refractivity contribution in [2.45, 2.75) is 136 Å². The van der Waals surface area contributed by atoms with Gasteiger partial charge in [0, 0.05) is 33.1 Å². The van der Waals surface area contributed by atoms with Crippen LogP contribution in [0.4, 0.5) is 0 Å². The van der Waals surface area contributed by atoms with Crippen LogP contribution in [0.2, 0.25) is 0 Å². The average Bonchev–Trinajstić information content (AvgIpc) is 3.10. The van der Waals surface area contributed by atoms with Crippen molar-refractivity contribution in [2.75, 3.05) is 13.7 Å². The lowest BCUT2D eigenvalue weighted by molar-refractivity contribution is -0.191. The fourth-order valence-electron chi connectivity index (χ4n) is 5.45. The highest BCUT2D eigenvalue weighted by Crippen LogP contribution is 2.27. The highest BCUT2D eigenvalue weighted by atomic mass is 16.7. The predicted molar refractivity (Wildman–Crippen MR) is 196 cm³/mol. The number of Topliss-reactive ketones (excluding diaryl/α,β-unsaturated/α-hetero) is 1. The summed E-state index contributed by atoms with van der Waals surface area (Å²) < 4.78 is 20.1. The lowest BCUT2D eigenvalue weighted by Crippen LogP contribution is -2.55. The van der Waals surface area contributed by atoms with Crippen molar-refractivity contribution in [3.8, 4) is 17.6 Å². The molecule has 4 atom stereocenters. The van der Waals surface area contributed by atoms with E-state index in [0.29, 0.717) is 37.0 Å². The van der Waals surface area contributed by atoms with E-state index in [1.54, 1.807) is 31.2 Å². The summed E-state index contributed by atoms with van der Waals surface area (Å²) in [5.74, 6) is -1.36. The molecule has 294 valence electrons. The van der Waals surface area contributed by atoms with Crippen LogP contribution in [0.3, 0.4) is 0 Å². The number of unbranched alkanes of at least 4 members (excludes halogenated alkanes) is 8. The van der Waals surface area contributed by atoms with Crippen LogP contribution in [-0.2, 0) is 49.4 Å². The number of aliphatic carboxylic acids is 1. The Balaban J connectivity index is 3.09. The molecule has 1 rings (SSSR count). The van der Waals surface area contributed by atoms with Crippen molar-refractivity contribution < 1.29 is 57.9 Å². The van der Waals surface area contributed by atoms with Gasteiger partial charge >= 0.3 is 23.9 Å². The molecule has 0 bridgehead atoms. The molecule has 1 amide bonds. The van der Waals surface area contributed by atoms with E-state index in [-0.39, 0.29) is 18.8 Å². The number of rotatable bonds is 27. The van der Waals surface area contributed by atoms with Crippen LogP contribution in [0.1, 0.15) is 117 Å². The number of hydrogen-bond donors (Lipinski definition) is 3. The summed E-state index contributed by atoms with van der Waals surface area (Å²) in [6, 6.07) is 5.37. The topological polar surface area (TPSA) is 192 Å². The van der Waals surface area contributed by atoms with Gasteiger partial charge in [0.25, 0.3) is 0 Å². The molecule has 0 radical (unpaired) electrons. The predicted octanol–water partition coefficient (Wildman–Crippen LogP) is 5.39. The van der Waals surface area contributed by atoms with Crippen molar-refractivity contribution in [2.24, 2.45) is 5.92 Å². The molecule has 1 aromatic carbocycles. The zero-order valence-electron chi connectivity index (χ0n) is 31.8. The minimum absolute atomic E-state index is 0.0569. The maximum Gasteiger partial charge on any atom is 0.337 e. The van der Waals surface area contributed by atoms with E-state index in [2.05, 4.69) is 24.1 Å². The van der Waals surface area contributed by atoms with Crippen LogP contribution in [0.15, 0.2) is 36.4 Å². The van der Waals surface area contributed by atoms with E-state index in [4.69, 9.17) is 18.9 Å². The van der Waals surface area contributed by atoms with Crippen molar-refractivity contribution in [3.63, 3.8) is 0 Å². The molecule has 0 spiro atoms. The Hall–Kier alpha value is -4.70. The summed E-state index contributed by atoms with van der Waals surface area (Å²) in [4.78, 5) is 75.3. The molecule has 13 nitrogen and oxygen atoms in total. The maximum atomic E-state index is 13.8. The number of esters is 3. The molecule has 0 saturated heterocycles. The number of hydrogen-bond acceptors (Lipinski definition) is 11. The van der Waals surface area contributed by atoms with Gasteiger partial charge < -0.3 is 34.5 Å². The molecule has 0 aliphatic heterocycles. The van der Waals surface area contributed by atoms with Crippen LogP contribution in [0, 0.1) is 17.8 Å². The third kappa shape index (κ3) is 19.1. The van der Waals surface area contributed by atoms with E-state index in [1.807, 2.05) is 0 Å². The Bertz CT molecular complexity index is 1410. The van der Waals surface area contributed by atoms with Gasteiger partial charge in [-0.2, -0.15) is 0 Å². The first kappa shape index (κ1) is 46.3. The molecule has 1 unspecified atom stereocenters. The number of ether oxygens (including phenoxy) is 4. The molecule has 0 fully saturated rings.